The Labute approximate surface area is 293 Å². The Morgan fingerprint density at radius 3 is 2.02 bits per heavy atom. The number of hydrogen-bond acceptors (Lipinski definition) is 10. The van der Waals surface area contributed by atoms with Crippen LogP contribution in [0.1, 0.15) is 40.0 Å². The number of aromatic nitrogens is 6. The second kappa shape index (κ2) is 13.5. The summed E-state index contributed by atoms with van der Waals surface area (Å²) in [6.07, 6.45) is 11.6. The van der Waals surface area contributed by atoms with Gasteiger partial charge in [-0.1, -0.05) is 78.9 Å². The van der Waals surface area contributed by atoms with E-state index < -0.39 is 12.1 Å². The molecule has 2 atom stereocenters. The number of phenolic OH excluding ortho intramolecular Hbond substituents is 2. The van der Waals surface area contributed by atoms with Gasteiger partial charge in [0.1, 0.15) is 34.2 Å². The smallest absolute Gasteiger partial charge is 0.148 e. The first-order valence-corrected chi connectivity index (χ1v) is 16.4. The third-order valence-corrected chi connectivity index (χ3v) is 8.88. The molecule has 4 N–H and O–H groups in total. The number of fused-ring (bicyclic) bond motifs is 2. The highest BCUT2D eigenvalue weighted by Crippen LogP contribution is 2.44. The van der Waals surface area contributed by atoms with Gasteiger partial charge in [0.2, 0.25) is 0 Å². The highest BCUT2D eigenvalue weighted by atomic mass is 16.3. The zero-order valence-corrected chi connectivity index (χ0v) is 27.5. The van der Waals surface area contributed by atoms with Crippen molar-refractivity contribution >= 4 is 33.4 Å². The van der Waals surface area contributed by atoms with Crippen molar-refractivity contribution in [2.45, 2.75) is 19.0 Å². The molecule has 0 aliphatic rings. The molecule has 0 amide bonds. The molecular weight excluding hydrogens is 637 g/mol. The van der Waals surface area contributed by atoms with Crippen molar-refractivity contribution < 1.29 is 10.2 Å². The molecule has 8 rings (SSSR count). The van der Waals surface area contributed by atoms with E-state index in [1.165, 1.54) is 0 Å². The molecule has 4 aromatic heterocycles. The van der Waals surface area contributed by atoms with Crippen LogP contribution < -0.4 is 10.6 Å². The number of benzene rings is 4. The highest BCUT2D eigenvalue weighted by molar-refractivity contribution is 5.93. The minimum absolute atomic E-state index is 0.0728. The molecule has 0 bridgehead atoms. The number of aryl methyl sites for hydroxylation is 1. The lowest BCUT2D eigenvalue weighted by Gasteiger charge is -2.25. The van der Waals surface area contributed by atoms with Crippen molar-refractivity contribution in [3.8, 4) is 22.6 Å². The second-order valence-corrected chi connectivity index (χ2v) is 12.2. The van der Waals surface area contributed by atoms with Gasteiger partial charge in [-0.25, -0.2) is 9.97 Å². The first kappa shape index (κ1) is 31.3. The normalized spacial score (nSPS) is 12.4. The summed E-state index contributed by atoms with van der Waals surface area (Å²) in [6, 6.07) is 30.5. The third kappa shape index (κ3) is 6.22. The standard InChI is InChI=1S/C41H32N8O2/c1-25-22-43-24-34(47-25)49-36(31-16-15-28-9-5-17-45-38(28)40(31)50)29-13-11-26(12-14-29)32-21-30-10-6-18-46-39(30)41(51)35(32)37(27-7-3-2-4-8-27)48-33-23-42-19-20-44-33/h2-24,36-37,50-51H,1H3,(H,44,48)(H,47,49). The number of nitrogens with one attached hydrogen (secondary N) is 2. The number of anilines is 2. The molecule has 0 spiro atoms. The van der Waals surface area contributed by atoms with Crippen LogP contribution in [0.2, 0.25) is 0 Å². The van der Waals surface area contributed by atoms with E-state index in [2.05, 4.69) is 46.6 Å². The number of pyridine rings is 2. The molecule has 0 aliphatic heterocycles. The van der Waals surface area contributed by atoms with Gasteiger partial charge in [0.05, 0.1) is 30.2 Å². The van der Waals surface area contributed by atoms with Gasteiger partial charge in [-0.3, -0.25) is 19.9 Å². The Morgan fingerprint density at radius 2 is 1.27 bits per heavy atom. The van der Waals surface area contributed by atoms with Crippen molar-refractivity contribution in [3.63, 3.8) is 0 Å². The van der Waals surface area contributed by atoms with E-state index in [-0.39, 0.29) is 11.5 Å². The molecule has 248 valence electrons. The van der Waals surface area contributed by atoms with Crippen LogP contribution in [0.5, 0.6) is 11.5 Å². The van der Waals surface area contributed by atoms with Crippen LogP contribution in [0.15, 0.2) is 140 Å². The molecule has 10 heteroatoms. The van der Waals surface area contributed by atoms with Crippen molar-refractivity contribution in [3.05, 3.63) is 168 Å². The monoisotopic (exact) mass is 668 g/mol. The molecule has 10 nitrogen and oxygen atoms in total. The van der Waals surface area contributed by atoms with Crippen molar-refractivity contribution in [1.29, 1.82) is 0 Å². The summed E-state index contributed by atoms with van der Waals surface area (Å²) in [4.78, 5) is 26.7. The summed E-state index contributed by atoms with van der Waals surface area (Å²) in [5.41, 5.74) is 6.55. The van der Waals surface area contributed by atoms with Crippen LogP contribution in [0.3, 0.4) is 0 Å². The van der Waals surface area contributed by atoms with E-state index in [4.69, 9.17) is 0 Å². The Morgan fingerprint density at radius 1 is 0.569 bits per heavy atom. The summed E-state index contributed by atoms with van der Waals surface area (Å²) in [5, 5.41) is 32.2. The largest absolute Gasteiger partial charge is 0.505 e. The second-order valence-electron chi connectivity index (χ2n) is 12.2. The van der Waals surface area contributed by atoms with Gasteiger partial charge in [0.25, 0.3) is 0 Å². The lowest BCUT2D eigenvalue weighted by Crippen LogP contribution is -2.15. The summed E-state index contributed by atoms with van der Waals surface area (Å²) >= 11 is 0. The van der Waals surface area contributed by atoms with E-state index in [0.29, 0.717) is 33.8 Å². The number of nitrogens with zero attached hydrogens (tertiary/aromatic N) is 6. The van der Waals surface area contributed by atoms with Gasteiger partial charge < -0.3 is 20.8 Å². The highest BCUT2D eigenvalue weighted by Gasteiger charge is 2.26. The van der Waals surface area contributed by atoms with Crippen LogP contribution in [0, 0.1) is 6.92 Å². The SMILES string of the molecule is Cc1cncc(NC(c2ccc(-c3cc4cccnc4c(O)c3C(Nc3cnccn3)c3ccccc3)cc2)c2ccc3cccnc3c2O)n1. The van der Waals surface area contributed by atoms with E-state index >= 15 is 0 Å². The van der Waals surface area contributed by atoms with Crippen LogP contribution >= 0.6 is 0 Å². The number of rotatable bonds is 9. The summed E-state index contributed by atoms with van der Waals surface area (Å²) in [7, 11) is 0. The lowest BCUT2D eigenvalue weighted by atomic mass is 9.87. The van der Waals surface area contributed by atoms with Gasteiger partial charge in [0.15, 0.2) is 0 Å². The lowest BCUT2D eigenvalue weighted by molar-refractivity contribution is 0.471. The van der Waals surface area contributed by atoms with Crippen LogP contribution in [-0.2, 0) is 0 Å². The molecule has 0 saturated heterocycles. The zero-order valence-electron chi connectivity index (χ0n) is 27.5. The average Bonchev–Trinajstić information content (AvgIpc) is 3.18. The Balaban J connectivity index is 1.27. The molecule has 51 heavy (non-hydrogen) atoms. The zero-order chi connectivity index (χ0) is 34.7. The van der Waals surface area contributed by atoms with Gasteiger partial charge in [-0.05, 0) is 47.4 Å². The molecule has 4 heterocycles. The fourth-order valence-electron chi connectivity index (χ4n) is 6.50. The Kier molecular flexibility index (Phi) is 8.31. The Bertz CT molecular complexity index is 2480. The summed E-state index contributed by atoms with van der Waals surface area (Å²) in [6.45, 7) is 1.88. The topological polar surface area (TPSA) is 142 Å². The average molecular weight is 669 g/mol. The number of aromatic hydroxyl groups is 2. The van der Waals surface area contributed by atoms with Crippen LogP contribution in [0.4, 0.5) is 11.6 Å². The van der Waals surface area contributed by atoms with Crippen molar-refractivity contribution in [2.24, 2.45) is 0 Å². The van der Waals surface area contributed by atoms with Crippen LogP contribution in [0.25, 0.3) is 32.9 Å². The van der Waals surface area contributed by atoms with E-state index in [0.717, 1.165) is 38.7 Å². The predicted octanol–water partition coefficient (Wildman–Crippen LogP) is 8.15. The maximum Gasteiger partial charge on any atom is 0.148 e. The van der Waals surface area contributed by atoms with Gasteiger partial charge >= 0.3 is 0 Å². The maximum absolute atomic E-state index is 12.0. The van der Waals surface area contributed by atoms with E-state index in [9.17, 15) is 10.2 Å². The van der Waals surface area contributed by atoms with Crippen molar-refractivity contribution in [2.75, 3.05) is 10.6 Å². The van der Waals surface area contributed by atoms with E-state index in [1.807, 2.05) is 97.9 Å². The fraction of sp³-hybridized carbons (Fsp3) is 0.0732. The third-order valence-electron chi connectivity index (χ3n) is 8.88. The van der Waals surface area contributed by atoms with Crippen molar-refractivity contribution in [1.82, 2.24) is 29.9 Å². The molecular formula is C41H32N8O2. The minimum atomic E-state index is -0.500. The first-order valence-electron chi connectivity index (χ1n) is 16.4. The number of phenols is 2. The molecule has 2 unspecified atom stereocenters. The minimum Gasteiger partial charge on any atom is -0.505 e. The predicted molar refractivity (Wildman–Crippen MR) is 198 cm³/mol. The fourth-order valence-corrected chi connectivity index (χ4v) is 6.50. The van der Waals surface area contributed by atoms with Gasteiger partial charge in [0, 0.05) is 52.9 Å². The molecule has 0 radical (unpaired) electrons. The maximum atomic E-state index is 12.0. The van der Waals surface area contributed by atoms with Crippen LogP contribution in [-0.4, -0.2) is 40.1 Å². The summed E-state index contributed by atoms with van der Waals surface area (Å²) < 4.78 is 0. The summed E-state index contributed by atoms with van der Waals surface area (Å²) in [5.74, 6) is 1.29. The molecule has 0 saturated carbocycles. The molecule has 0 fully saturated rings. The Hall–Kier alpha value is -6.94. The quantitative estimate of drug-likeness (QED) is 0.119. The van der Waals surface area contributed by atoms with Gasteiger partial charge in [-0.2, -0.15) is 0 Å². The molecule has 8 aromatic rings. The molecule has 4 aromatic carbocycles. The number of hydrogen-bond donors (Lipinski definition) is 4. The molecule has 0 aliphatic carbocycles. The van der Waals surface area contributed by atoms with Gasteiger partial charge in [-0.15, -0.1) is 0 Å². The van der Waals surface area contributed by atoms with E-state index in [1.54, 1.807) is 43.4 Å². The first-order chi connectivity index (χ1) is 25.0.